The second kappa shape index (κ2) is 6.14. The number of carboxylic acids is 1. The van der Waals surface area contributed by atoms with E-state index in [1.165, 1.54) is 18.2 Å². The van der Waals surface area contributed by atoms with Crippen LogP contribution in [0.3, 0.4) is 0 Å². The number of hydrogen-bond donors (Lipinski definition) is 1. The summed E-state index contributed by atoms with van der Waals surface area (Å²) in [6.07, 6.45) is 0. The van der Waals surface area contributed by atoms with E-state index < -0.39 is 5.97 Å². The second-order valence-electron chi connectivity index (χ2n) is 4.94. The number of hydrazone groups is 1. The molecule has 5 nitrogen and oxygen atoms in total. The van der Waals surface area contributed by atoms with E-state index in [1.807, 2.05) is 30.3 Å². The van der Waals surface area contributed by atoms with Crippen LogP contribution in [0.5, 0.6) is 0 Å². The van der Waals surface area contributed by atoms with Gasteiger partial charge in [0.05, 0.1) is 16.7 Å². The molecule has 0 spiro atoms. The summed E-state index contributed by atoms with van der Waals surface area (Å²) in [5.41, 5.74) is 4.54. The van der Waals surface area contributed by atoms with Crippen LogP contribution in [-0.4, -0.2) is 11.7 Å². The minimum atomic E-state index is -1.28. The Balaban J connectivity index is 1.87. The highest BCUT2D eigenvalue weighted by molar-refractivity contribution is 6.33. The number of carboxylic acid groups (broad SMARTS) is 1. The Morgan fingerprint density at radius 1 is 1.22 bits per heavy atom. The van der Waals surface area contributed by atoms with E-state index >= 15 is 0 Å². The van der Waals surface area contributed by atoms with E-state index in [-0.39, 0.29) is 5.56 Å². The molecule has 0 radical (unpaired) electrons. The lowest BCUT2D eigenvalue weighted by molar-refractivity contribution is -0.255. The highest BCUT2D eigenvalue weighted by Gasteiger charge is 2.07. The maximum absolute atomic E-state index is 10.9. The van der Waals surface area contributed by atoms with Gasteiger partial charge in [0.1, 0.15) is 11.3 Å². The molecule has 116 valence electrons. The summed E-state index contributed by atoms with van der Waals surface area (Å²) in [5, 5.41) is 16.4. The molecule has 0 saturated heterocycles. The number of hydrogen-bond acceptors (Lipinski definition) is 5. The van der Waals surface area contributed by atoms with Crippen molar-refractivity contribution < 1.29 is 14.3 Å². The molecule has 23 heavy (non-hydrogen) atoms. The summed E-state index contributed by atoms with van der Waals surface area (Å²) >= 11 is 6.03. The van der Waals surface area contributed by atoms with Crippen LogP contribution < -0.4 is 10.5 Å². The normalized spacial score (nSPS) is 11.7. The molecular formula is C17H12ClN2O3-. The first-order chi connectivity index (χ1) is 11.0. The quantitative estimate of drug-likeness (QED) is 0.589. The van der Waals surface area contributed by atoms with Gasteiger partial charge >= 0.3 is 0 Å². The van der Waals surface area contributed by atoms with Gasteiger partial charge in [0, 0.05) is 5.39 Å². The highest BCUT2D eigenvalue weighted by atomic mass is 35.5. The van der Waals surface area contributed by atoms with Crippen molar-refractivity contribution in [3.8, 4) is 0 Å². The summed E-state index contributed by atoms with van der Waals surface area (Å²) in [5.74, 6) is -0.659. The van der Waals surface area contributed by atoms with Crippen LogP contribution in [0.4, 0.5) is 5.69 Å². The van der Waals surface area contributed by atoms with Gasteiger partial charge < -0.3 is 14.3 Å². The van der Waals surface area contributed by atoms with Gasteiger partial charge in [-0.3, -0.25) is 5.43 Å². The molecule has 1 aromatic heterocycles. The molecule has 1 heterocycles. The van der Waals surface area contributed by atoms with E-state index in [0.29, 0.717) is 22.2 Å². The van der Waals surface area contributed by atoms with Crippen LogP contribution >= 0.6 is 11.6 Å². The lowest BCUT2D eigenvalue weighted by atomic mass is 10.2. The van der Waals surface area contributed by atoms with Crippen LogP contribution in [0.1, 0.15) is 23.0 Å². The second-order valence-corrected chi connectivity index (χ2v) is 5.35. The van der Waals surface area contributed by atoms with E-state index in [0.717, 1.165) is 11.0 Å². The number of para-hydroxylation sites is 1. The average Bonchev–Trinajstić information content (AvgIpc) is 2.97. The Morgan fingerprint density at radius 2 is 2.00 bits per heavy atom. The predicted octanol–water partition coefficient (Wildman–Crippen LogP) is 3.29. The fraction of sp³-hybridized carbons (Fsp3) is 0.0588. The monoisotopic (exact) mass is 327 g/mol. The third-order valence-electron chi connectivity index (χ3n) is 3.33. The Labute approximate surface area is 137 Å². The number of halogens is 1. The largest absolute Gasteiger partial charge is 0.545 e. The molecule has 0 fully saturated rings. The van der Waals surface area contributed by atoms with Gasteiger partial charge in [0.15, 0.2) is 5.76 Å². The molecule has 1 N–H and O–H groups in total. The number of carbonyl (C=O) groups excluding carboxylic acids is 1. The zero-order valence-corrected chi connectivity index (χ0v) is 12.9. The molecule has 0 aliphatic rings. The minimum absolute atomic E-state index is 0.0218. The average molecular weight is 328 g/mol. The first kappa shape index (κ1) is 15.1. The molecule has 0 aliphatic carbocycles. The number of aromatic carboxylic acids is 1. The Morgan fingerprint density at radius 3 is 2.74 bits per heavy atom. The van der Waals surface area contributed by atoms with Crippen molar-refractivity contribution in [1.29, 1.82) is 0 Å². The number of nitrogens with one attached hydrogen (secondary N) is 1. The van der Waals surface area contributed by atoms with Crippen LogP contribution in [0, 0.1) is 0 Å². The minimum Gasteiger partial charge on any atom is -0.545 e. The number of anilines is 1. The number of fused-ring (bicyclic) bond motifs is 1. The summed E-state index contributed by atoms with van der Waals surface area (Å²) in [6.45, 7) is 1.78. The first-order valence-electron chi connectivity index (χ1n) is 6.85. The maximum Gasteiger partial charge on any atom is 0.151 e. The van der Waals surface area contributed by atoms with Crippen molar-refractivity contribution in [3.05, 3.63) is 64.9 Å². The molecule has 2 aromatic carbocycles. The summed E-state index contributed by atoms with van der Waals surface area (Å²) in [4.78, 5) is 10.9. The van der Waals surface area contributed by atoms with Crippen LogP contribution in [0.2, 0.25) is 5.02 Å². The number of rotatable bonds is 4. The van der Waals surface area contributed by atoms with Crippen molar-refractivity contribution in [2.75, 3.05) is 5.43 Å². The van der Waals surface area contributed by atoms with Crippen molar-refractivity contribution in [1.82, 2.24) is 0 Å². The van der Waals surface area contributed by atoms with E-state index in [2.05, 4.69) is 10.5 Å². The molecule has 3 aromatic rings. The Kier molecular flexibility index (Phi) is 4.04. The maximum atomic E-state index is 10.9. The standard InChI is InChI=1S/C17H13ClN2O3/c1-10(16-9-11-4-2-3-5-15(11)23-16)19-20-14-8-12(17(21)22)6-7-13(14)18/h2-9,20H,1H3,(H,21,22)/p-1/b19-10-. The molecule has 3 rings (SSSR count). The Bertz CT molecular complexity index is 882. The summed E-state index contributed by atoms with van der Waals surface area (Å²) < 4.78 is 5.70. The van der Waals surface area contributed by atoms with Gasteiger partial charge in [-0.2, -0.15) is 5.10 Å². The highest BCUT2D eigenvalue weighted by Crippen LogP contribution is 2.24. The lowest BCUT2D eigenvalue weighted by Gasteiger charge is -2.08. The third-order valence-corrected chi connectivity index (χ3v) is 3.66. The first-order valence-corrected chi connectivity index (χ1v) is 7.22. The van der Waals surface area contributed by atoms with Gasteiger partial charge in [-0.1, -0.05) is 35.9 Å². The van der Waals surface area contributed by atoms with Crippen LogP contribution in [-0.2, 0) is 0 Å². The molecule has 0 aliphatic heterocycles. The van der Waals surface area contributed by atoms with Gasteiger partial charge in [-0.15, -0.1) is 0 Å². The molecular weight excluding hydrogens is 316 g/mol. The fourth-order valence-corrected chi connectivity index (χ4v) is 2.26. The molecule has 0 unspecified atom stereocenters. The summed E-state index contributed by atoms with van der Waals surface area (Å²) in [6, 6.07) is 13.7. The SMILES string of the molecule is C/C(=N/Nc1cc(C(=O)[O-])ccc1Cl)c1cc2ccccc2o1. The summed E-state index contributed by atoms with van der Waals surface area (Å²) in [7, 11) is 0. The predicted molar refractivity (Wildman–Crippen MR) is 87.8 cm³/mol. The van der Waals surface area contributed by atoms with Gasteiger partial charge in [0.25, 0.3) is 0 Å². The van der Waals surface area contributed by atoms with E-state index in [4.69, 9.17) is 16.0 Å². The molecule has 0 bridgehead atoms. The molecule has 0 saturated carbocycles. The van der Waals surface area contributed by atoms with Crippen molar-refractivity contribution in [3.63, 3.8) is 0 Å². The number of carbonyl (C=O) groups is 1. The fourth-order valence-electron chi connectivity index (χ4n) is 2.10. The van der Waals surface area contributed by atoms with Gasteiger partial charge in [-0.25, -0.2) is 0 Å². The zero-order chi connectivity index (χ0) is 16.4. The lowest BCUT2D eigenvalue weighted by Crippen LogP contribution is -2.22. The third kappa shape index (κ3) is 3.19. The zero-order valence-electron chi connectivity index (χ0n) is 12.2. The molecule has 0 atom stereocenters. The van der Waals surface area contributed by atoms with E-state index in [9.17, 15) is 9.90 Å². The molecule has 0 amide bonds. The van der Waals surface area contributed by atoms with E-state index in [1.54, 1.807) is 6.92 Å². The number of furan rings is 1. The van der Waals surface area contributed by atoms with Gasteiger partial charge in [-0.05, 0) is 36.8 Å². The number of benzene rings is 2. The van der Waals surface area contributed by atoms with Crippen molar-refractivity contribution in [2.45, 2.75) is 6.92 Å². The van der Waals surface area contributed by atoms with Crippen molar-refractivity contribution >= 4 is 39.9 Å². The topological polar surface area (TPSA) is 77.7 Å². The Hall–Kier alpha value is -2.79. The van der Waals surface area contributed by atoms with Crippen molar-refractivity contribution in [2.24, 2.45) is 5.10 Å². The smallest absolute Gasteiger partial charge is 0.151 e. The molecule has 6 heteroatoms. The number of nitrogens with zero attached hydrogens (tertiary/aromatic N) is 1. The van der Waals surface area contributed by atoms with Crippen LogP contribution in [0.15, 0.2) is 58.0 Å². The van der Waals surface area contributed by atoms with Gasteiger partial charge in [0.2, 0.25) is 0 Å². The van der Waals surface area contributed by atoms with Crippen LogP contribution in [0.25, 0.3) is 11.0 Å².